The first-order valence-electron chi connectivity index (χ1n) is 5.14. The van der Waals surface area contributed by atoms with Crippen LogP contribution in [0.15, 0.2) is 46.9 Å². The van der Waals surface area contributed by atoms with Crippen LogP contribution in [0.1, 0.15) is 5.56 Å². The summed E-state index contributed by atoms with van der Waals surface area (Å²) in [5.41, 5.74) is 6.01. The maximum absolute atomic E-state index is 7.51. The Balaban J connectivity index is 2.42. The van der Waals surface area contributed by atoms with Gasteiger partial charge in [-0.3, -0.25) is 5.41 Å². The van der Waals surface area contributed by atoms with Gasteiger partial charge >= 0.3 is 0 Å². The number of rotatable bonds is 3. The van der Waals surface area contributed by atoms with Crippen LogP contribution in [-0.2, 0) is 0 Å². The zero-order chi connectivity index (χ0) is 13.1. The van der Waals surface area contributed by atoms with Gasteiger partial charge in [0.05, 0.1) is 10.0 Å². The van der Waals surface area contributed by atoms with Gasteiger partial charge in [0.2, 0.25) is 0 Å². The van der Waals surface area contributed by atoms with E-state index in [0.29, 0.717) is 22.1 Å². The third-order valence-electron chi connectivity index (χ3n) is 2.29. The highest BCUT2D eigenvalue weighted by Gasteiger charge is 2.10. The van der Waals surface area contributed by atoms with E-state index in [9.17, 15) is 0 Å². The maximum Gasteiger partial charge on any atom is 0.141 e. The molecule has 0 saturated heterocycles. The fourth-order valence-electron chi connectivity index (χ4n) is 1.45. The SMILES string of the molecule is N=C(N)c1ccc(Cl)cc1Oc1ccccc1Br. The van der Waals surface area contributed by atoms with Gasteiger partial charge in [0.15, 0.2) is 0 Å². The van der Waals surface area contributed by atoms with Crippen LogP contribution in [0, 0.1) is 5.41 Å². The third kappa shape index (κ3) is 2.83. The molecule has 0 aliphatic heterocycles. The molecule has 0 saturated carbocycles. The van der Waals surface area contributed by atoms with E-state index in [2.05, 4.69) is 15.9 Å². The number of hydrogen-bond donors (Lipinski definition) is 2. The van der Waals surface area contributed by atoms with Gasteiger partial charge in [-0.15, -0.1) is 0 Å². The number of para-hydroxylation sites is 1. The number of nitrogen functional groups attached to an aromatic ring is 1. The van der Waals surface area contributed by atoms with E-state index in [4.69, 9.17) is 27.5 Å². The van der Waals surface area contributed by atoms with Crippen LogP contribution in [0.25, 0.3) is 0 Å². The van der Waals surface area contributed by atoms with Crippen molar-refractivity contribution in [2.45, 2.75) is 0 Å². The molecular formula is C13H10BrClN2O. The second-order valence-corrected chi connectivity index (χ2v) is 4.88. The van der Waals surface area contributed by atoms with Crippen molar-refractivity contribution in [1.82, 2.24) is 0 Å². The second kappa shape index (κ2) is 5.42. The number of nitrogens with one attached hydrogen (secondary N) is 1. The number of amidine groups is 1. The summed E-state index contributed by atoms with van der Waals surface area (Å²) in [5.74, 6) is 1.04. The summed E-state index contributed by atoms with van der Waals surface area (Å²) < 4.78 is 6.55. The first kappa shape index (κ1) is 12.9. The van der Waals surface area contributed by atoms with E-state index in [1.165, 1.54) is 0 Å². The zero-order valence-corrected chi connectivity index (χ0v) is 11.6. The maximum atomic E-state index is 7.51. The quantitative estimate of drug-likeness (QED) is 0.657. The fraction of sp³-hybridized carbons (Fsp3) is 0. The lowest BCUT2D eigenvalue weighted by atomic mass is 10.2. The van der Waals surface area contributed by atoms with Crippen molar-refractivity contribution in [3.63, 3.8) is 0 Å². The lowest BCUT2D eigenvalue weighted by molar-refractivity contribution is 0.478. The molecule has 0 spiro atoms. The second-order valence-electron chi connectivity index (χ2n) is 3.59. The third-order valence-corrected chi connectivity index (χ3v) is 3.18. The molecule has 0 aliphatic carbocycles. The molecule has 92 valence electrons. The number of nitrogens with two attached hydrogens (primary N) is 1. The van der Waals surface area contributed by atoms with Gasteiger partial charge < -0.3 is 10.5 Å². The minimum Gasteiger partial charge on any atom is -0.455 e. The molecule has 0 heterocycles. The van der Waals surface area contributed by atoms with Crippen molar-refractivity contribution in [2.75, 3.05) is 0 Å². The molecule has 0 bridgehead atoms. The van der Waals surface area contributed by atoms with Crippen LogP contribution in [-0.4, -0.2) is 5.84 Å². The molecule has 2 aromatic rings. The van der Waals surface area contributed by atoms with E-state index in [0.717, 1.165) is 4.47 Å². The summed E-state index contributed by atoms with van der Waals surface area (Å²) in [7, 11) is 0. The molecule has 3 nitrogen and oxygen atoms in total. The Morgan fingerprint density at radius 3 is 2.56 bits per heavy atom. The normalized spacial score (nSPS) is 10.1. The highest BCUT2D eigenvalue weighted by molar-refractivity contribution is 9.10. The first-order valence-corrected chi connectivity index (χ1v) is 6.31. The molecule has 0 atom stereocenters. The summed E-state index contributed by atoms with van der Waals surface area (Å²) in [6.07, 6.45) is 0. The van der Waals surface area contributed by atoms with Gasteiger partial charge in [0, 0.05) is 11.1 Å². The Labute approximate surface area is 118 Å². The lowest BCUT2D eigenvalue weighted by Gasteiger charge is -2.11. The van der Waals surface area contributed by atoms with Crippen LogP contribution in [0.5, 0.6) is 11.5 Å². The van der Waals surface area contributed by atoms with Crippen LogP contribution >= 0.6 is 27.5 Å². The van der Waals surface area contributed by atoms with Crippen LogP contribution < -0.4 is 10.5 Å². The largest absolute Gasteiger partial charge is 0.455 e. The Hall–Kier alpha value is -1.52. The van der Waals surface area contributed by atoms with Crippen LogP contribution in [0.3, 0.4) is 0 Å². The highest BCUT2D eigenvalue weighted by atomic mass is 79.9. The summed E-state index contributed by atoms with van der Waals surface area (Å²) in [6.45, 7) is 0. The summed E-state index contributed by atoms with van der Waals surface area (Å²) >= 11 is 9.32. The lowest BCUT2D eigenvalue weighted by Crippen LogP contribution is -2.12. The Bertz CT molecular complexity index is 601. The van der Waals surface area contributed by atoms with Crippen LogP contribution in [0.4, 0.5) is 0 Å². The molecule has 5 heteroatoms. The number of benzene rings is 2. The summed E-state index contributed by atoms with van der Waals surface area (Å²) in [5, 5.41) is 8.04. The van der Waals surface area contributed by atoms with Gasteiger partial charge in [-0.05, 0) is 40.2 Å². The standard InChI is InChI=1S/C13H10BrClN2O/c14-10-3-1-2-4-11(10)18-12-7-8(15)5-6-9(12)13(16)17/h1-7H,(H3,16,17). The summed E-state index contributed by atoms with van der Waals surface area (Å²) in [4.78, 5) is 0. The summed E-state index contributed by atoms with van der Waals surface area (Å²) in [6, 6.07) is 12.4. The smallest absolute Gasteiger partial charge is 0.141 e. The minimum absolute atomic E-state index is 0.0614. The molecule has 2 aromatic carbocycles. The molecule has 0 aliphatic rings. The number of hydrogen-bond acceptors (Lipinski definition) is 2. The van der Waals surface area contributed by atoms with Crippen molar-refractivity contribution in [1.29, 1.82) is 5.41 Å². The van der Waals surface area contributed by atoms with Crippen molar-refractivity contribution < 1.29 is 4.74 Å². The molecular weight excluding hydrogens is 316 g/mol. The molecule has 18 heavy (non-hydrogen) atoms. The minimum atomic E-state index is -0.0614. The van der Waals surface area contributed by atoms with E-state index in [1.54, 1.807) is 18.2 Å². The Kier molecular flexibility index (Phi) is 3.89. The average Bonchev–Trinajstić information content (AvgIpc) is 2.32. The molecule has 2 rings (SSSR count). The van der Waals surface area contributed by atoms with E-state index < -0.39 is 0 Å². The molecule has 0 radical (unpaired) electrons. The Morgan fingerprint density at radius 2 is 1.89 bits per heavy atom. The van der Waals surface area contributed by atoms with Crippen molar-refractivity contribution in [2.24, 2.45) is 5.73 Å². The van der Waals surface area contributed by atoms with Crippen molar-refractivity contribution in [3.05, 3.63) is 57.5 Å². The first-order chi connectivity index (χ1) is 8.58. The average molecular weight is 326 g/mol. The monoisotopic (exact) mass is 324 g/mol. The van der Waals surface area contributed by atoms with E-state index >= 15 is 0 Å². The van der Waals surface area contributed by atoms with E-state index in [-0.39, 0.29) is 5.84 Å². The molecule has 0 aromatic heterocycles. The van der Waals surface area contributed by atoms with Crippen molar-refractivity contribution in [3.8, 4) is 11.5 Å². The number of halogens is 2. The highest BCUT2D eigenvalue weighted by Crippen LogP contribution is 2.32. The number of ether oxygens (including phenoxy) is 1. The van der Waals surface area contributed by atoms with Gasteiger partial charge in [-0.25, -0.2) is 0 Å². The predicted molar refractivity (Wildman–Crippen MR) is 76.7 cm³/mol. The Morgan fingerprint density at radius 1 is 1.17 bits per heavy atom. The molecule has 3 N–H and O–H groups in total. The fourth-order valence-corrected chi connectivity index (χ4v) is 1.98. The molecule has 0 fully saturated rings. The molecule has 0 unspecified atom stereocenters. The topological polar surface area (TPSA) is 59.1 Å². The van der Waals surface area contributed by atoms with Gasteiger partial charge in [-0.2, -0.15) is 0 Å². The van der Waals surface area contributed by atoms with Gasteiger partial charge in [0.1, 0.15) is 17.3 Å². The van der Waals surface area contributed by atoms with Gasteiger partial charge in [-0.1, -0.05) is 23.7 Å². The predicted octanol–water partition coefficient (Wildman–Crippen LogP) is 4.18. The van der Waals surface area contributed by atoms with Crippen LogP contribution in [0.2, 0.25) is 5.02 Å². The zero-order valence-electron chi connectivity index (χ0n) is 9.28. The van der Waals surface area contributed by atoms with E-state index in [1.807, 2.05) is 24.3 Å². The van der Waals surface area contributed by atoms with Crippen molar-refractivity contribution >= 4 is 33.4 Å². The molecule has 0 amide bonds. The van der Waals surface area contributed by atoms with Gasteiger partial charge in [0.25, 0.3) is 0 Å².